The van der Waals surface area contributed by atoms with Crippen molar-refractivity contribution in [2.75, 3.05) is 13.1 Å². The lowest BCUT2D eigenvalue weighted by molar-refractivity contribution is -0.135. The molecule has 2 aliphatic heterocycles. The van der Waals surface area contributed by atoms with Crippen LogP contribution in [0.15, 0.2) is 182 Å². The number of amides is 4. The van der Waals surface area contributed by atoms with Gasteiger partial charge in [0.25, 0.3) is 23.6 Å². The van der Waals surface area contributed by atoms with Gasteiger partial charge in [0, 0.05) is 78.8 Å². The molecule has 9 aromatic carbocycles. The lowest BCUT2D eigenvalue weighted by Gasteiger charge is -2.32. The van der Waals surface area contributed by atoms with Gasteiger partial charge in [-0.3, -0.25) is 29.0 Å². The molecule has 11 aromatic rings. The first-order chi connectivity index (χ1) is 51.1. The Hall–Kier alpha value is -12.6. The zero-order valence-corrected chi connectivity index (χ0v) is 62.6. The Morgan fingerprint density at radius 1 is 0.333 bits per heavy atom. The Kier molecular flexibility index (Phi) is 19.1. The predicted molar refractivity (Wildman–Crippen MR) is 409 cm³/mol. The van der Waals surface area contributed by atoms with E-state index in [0.717, 1.165) is 32.1 Å². The number of benzene rings is 9. The topological polar surface area (TPSA) is 243 Å². The monoisotopic (exact) mass is 1450 g/mol. The summed E-state index contributed by atoms with van der Waals surface area (Å²) < 4.78 is 51.2. The summed E-state index contributed by atoms with van der Waals surface area (Å²) in [5.41, 5.74) is 2.67. The highest BCUT2D eigenvalue weighted by Gasteiger charge is 2.43. The summed E-state index contributed by atoms with van der Waals surface area (Å²) in [5, 5.41) is 1.45. The molecule has 20 heteroatoms. The SMILES string of the molecule is C=C(CC)C(=O)Oc1ccnc(OC(=O)CN2C(=O)c3cc(Oc4ccc(C(C)(C)C)cc4)c4c5c(Oc6ccc(C(C)(C)C)cc6)cc6c7c(cc(Oc8ccc(C(C)(C)C)cc8)c(c8c(Oc9ccc(C(C)(C)C)cc9)cc(c3c48)C2=O)c75)C(=O)N(CC(=O)Oc2cc(OC(=O)C(=C)CC)ccn2)C6=O)c1. The van der Waals surface area contributed by atoms with Crippen molar-refractivity contribution in [1.82, 2.24) is 19.8 Å². The van der Waals surface area contributed by atoms with Crippen LogP contribution in [0.25, 0.3) is 43.1 Å². The number of imide groups is 2. The van der Waals surface area contributed by atoms with Gasteiger partial charge in [-0.05, 0) is 142 Å². The molecule has 0 fully saturated rings. The van der Waals surface area contributed by atoms with Crippen molar-refractivity contribution in [1.29, 1.82) is 0 Å². The van der Waals surface area contributed by atoms with Gasteiger partial charge in [-0.1, -0.05) is 159 Å². The third kappa shape index (κ3) is 14.4. The molecule has 0 aliphatic carbocycles. The fourth-order valence-corrected chi connectivity index (χ4v) is 13.0. The lowest BCUT2D eigenvalue weighted by atomic mass is 9.80. The first-order valence-electron chi connectivity index (χ1n) is 35.4. The molecule has 4 heterocycles. The molecular formula is C88H80N4O16. The van der Waals surface area contributed by atoms with Crippen LogP contribution < -0.4 is 37.9 Å². The number of ether oxygens (including phenoxy) is 8. The molecule has 0 radical (unpaired) electrons. The van der Waals surface area contributed by atoms with Gasteiger partial charge < -0.3 is 37.9 Å². The van der Waals surface area contributed by atoms with Crippen LogP contribution in [0.1, 0.15) is 173 Å². The maximum Gasteiger partial charge on any atom is 0.338 e. The second-order valence-corrected chi connectivity index (χ2v) is 30.9. The Labute approximate surface area is 624 Å². The number of pyridine rings is 2. The van der Waals surface area contributed by atoms with E-state index in [2.05, 4.69) is 106 Å². The van der Waals surface area contributed by atoms with Crippen molar-refractivity contribution >= 4 is 90.6 Å². The summed E-state index contributed by atoms with van der Waals surface area (Å²) in [4.78, 5) is 128. The van der Waals surface area contributed by atoms with E-state index < -0.39 is 60.6 Å². The molecule has 13 rings (SSSR count). The number of carbonyl (C=O) groups is 8. The first-order valence-corrected chi connectivity index (χ1v) is 35.4. The third-order valence-electron chi connectivity index (χ3n) is 19.1. The number of aromatic nitrogens is 2. The summed E-state index contributed by atoms with van der Waals surface area (Å²) in [6, 6.07) is 40.8. The third-order valence-corrected chi connectivity index (χ3v) is 19.1. The molecule has 0 unspecified atom stereocenters. The molecule has 0 saturated carbocycles. The van der Waals surface area contributed by atoms with E-state index in [1.165, 1.54) is 60.9 Å². The van der Waals surface area contributed by atoms with Crippen LogP contribution in [-0.4, -0.2) is 80.4 Å². The van der Waals surface area contributed by atoms with Crippen molar-refractivity contribution in [2.45, 2.75) is 131 Å². The molecule has 2 aliphatic rings. The maximum atomic E-state index is 15.9. The molecule has 20 nitrogen and oxygen atoms in total. The van der Waals surface area contributed by atoms with Crippen molar-refractivity contribution in [3.8, 4) is 69.3 Å². The zero-order chi connectivity index (χ0) is 77.4. The van der Waals surface area contributed by atoms with E-state index >= 15 is 19.2 Å². The fraction of sp³-hybridized carbons (Fsp3) is 0.250. The Balaban J connectivity index is 1.11. The molecule has 108 heavy (non-hydrogen) atoms. The van der Waals surface area contributed by atoms with E-state index in [9.17, 15) is 19.2 Å². The van der Waals surface area contributed by atoms with E-state index in [1.54, 1.807) is 62.4 Å². The minimum atomic E-state index is -1.09. The second kappa shape index (κ2) is 28.0. The zero-order valence-electron chi connectivity index (χ0n) is 62.6. The Morgan fingerprint density at radius 3 is 0.815 bits per heavy atom. The van der Waals surface area contributed by atoms with Gasteiger partial charge in [0.1, 0.15) is 70.6 Å². The smallest absolute Gasteiger partial charge is 0.338 e. The van der Waals surface area contributed by atoms with Gasteiger partial charge in [0.2, 0.25) is 11.8 Å². The summed E-state index contributed by atoms with van der Waals surface area (Å²) >= 11 is 0. The van der Waals surface area contributed by atoms with Crippen molar-refractivity contribution in [2.24, 2.45) is 0 Å². The number of nitrogens with zero attached hydrogens (tertiary/aromatic N) is 4. The molecule has 0 atom stereocenters. The number of fused-ring (bicyclic) bond motifs is 2. The first kappa shape index (κ1) is 73.7. The number of esters is 4. The fourth-order valence-electron chi connectivity index (χ4n) is 13.0. The Bertz CT molecular complexity index is 5000. The number of carbonyl (C=O) groups excluding carboxylic acids is 8. The molecule has 0 bridgehead atoms. The standard InChI is InChI=1S/C88H80N4O16/c1-17-47(3)83(99)105-57-35-37-89-67(39-57)107-69(93)45-91-79(95)59-41-63(101-53-27-19-49(20-28-53)85(5,6)7)73-75-65(103-55-31-23-51(24-32-55)87(11,12)13)43-61-72-62(82(98)92(81(61)97)46-70(94)108-68-40-58(36-38-90-68)106-84(100)48(4)18-2)44-66(104-56-33-25-52(26-34-56)88(14,15)16)76(78(72)75)74-64(42-60(80(91)96)71(59)77(73)74)102-54-29-21-50(22-30-54)86(8,9)10/h19-44H,3-4,17-18,45-46H2,1-2,5-16H3. The van der Waals surface area contributed by atoms with E-state index in [0.29, 0.717) is 35.8 Å². The number of hydrogen-bond acceptors (Lipinski definition) is 18. The lowest BCUT2D eigenvalue weighted by Crippen LogP contribution is -2.44. The molecule has 0 spiro atoms. The van der Waals surface area contributed by atoms with E-state index in [-0.39, 0.29) is 144 Å². The minimum Gasteiger partial charge on any atom is -0.457 e. The van der Waals surface area contributed by atoms with Gasteiger partial charge in [0.05, 0.1) is 22.3 Å². The molecule has 548 valence electrons. The maximum absolute atomic E-state index is 15.9. The normalized spacial score (nSPS) is 13.1. The van der Waals surface area contributed by atoms with Crippen LogP contribution in [-0.2, 0) is 40.8 Å². The number of rotatable bonds is 20. The Morgan fingerprint density at radius 2 is 0.583 bits per heavy atom. The van der Waals surface area contributed by atoms with Crippen LogP contribution in [0.2, 0.25) is 0 Å². The van der Waals surface area contributed by atoms with Crippen LogP contribution in [0, 0.1) is 0 Å². The van der Waals surface area contributed by atoms with Crippen molar-refractivity contribution in [3.63, 3.8) is 0 Å². The van der Waals surface area contributed by atoms with Crippen LogP contribution in [0.3, 0.4) is 0 Å². The van der Waals surface area contributed by atoms with Crippen molar-refractivity contribution < 1.29 is 76.3 Å². The van der Waals surface area contributed by atoms with Crippen LogP contribution in [0.4, 0.5) is 0 Å². The highest BCUT2D eigenvalue weighted by Crippen LogP contribution is 2.58. The summed E-state index contributed by atoms with van der Waals surface area (Å²) in [6.45, 7) is 33.9. The molecule has 4 amide bonds. The van der Waals surface area contributed by atoms with E-state index in [4.69, 9.17) is 37.9 Å². The van der Waals surface area contributed by atoms with E-state index in [1.807, 2.05) is 48.5 Å². The summed E-state index contributed by atoms with van der Waals surface area (Å²) in [6.07, 6.45) is 3.15. The average Bonchev–Trinajstić information content (AvgIpc) is 0.671. The summed E-state index contributed by atoms with van der Waals surface area (Å²) in [7, 11) is 0. The molecular weight excluding hydrogens is 1370 g/mol. The molecule has 2 aromatic heterocycles. The second-order valence-electron chi connectivity index (χ2n) is 30.9. The predicted octanol–water partition coefficient (Wildman–Crippen LogP) is 19.0. The molecule has 0 N–H and O–H groups in total. The van der Waals surface area contributed by atoms with Crippen LogP contribution >= 0.6 is 0 Å². The van der Waals surface area contributed by atoms with Gasteiger partial charge >= 0.3 is 23.9 Å². The highest BCUT2D eigenvalue weighted by molar-refractivity contribution is 6.45. The highest BCUT2D eigenvalue weighted by atomic mass is 16.6. The summed E-state index contributed by atoms with van der Waals surface area (Å²) in [5.74, 6) is -6.72. The van der Waals surface area contributed by atoms with Gasteiger partial charge in [-0.2, -0.15) is 0 Å². The number of hydrogen-bond donors (Lipinski definition) is 0. The van der Waals surface area contributed by atoms with Gasteiger partial charge in [-0.15, -0.1) is 0 Å². The van der Waals surface area contributed by atoms with Crippen LogP contribution in [0.5, 0.6) is 69.3 Å². The van der Waals surface area contributed by atoms with Gasteiger partial charge in [-0.25, -0.2) is 29.1 Å². The quantitative estimate of drug-likeness (QED) is 0.0226. The average molecular weight is 1450 g/mol. The molecule has 0 saturated heterocycles. The van der Waals surface area contributed by atoms with Crippen molar-refractivity contribution in [3.05, 3.63) is 227 Å². The minimum absolute atomic E-state index is 0.00604. The van der Waals surface area contributed by atoms with Gasteiger partial charge in [0.15, 0.2) is 0 Å². The largest absolute Gasteiger partial charge is 0.457 e.